The van der Waals surface area contributed by atoms with E-state index in [0.717, 1.165) is 15.6 Å². The monoisotopic (exact) mass is 389 g/mol. The molecule has 1 heterocycles. The molecular formula is C19H19NO4S2. The molecule has 0 spiro atoms. The molecule has 2 N–H and O–H groups in total. The predicted molar refractivity (Wildman–Crippen MR) is 103 cm³/mol. The second-order valence-electron chi connectivity index (χ2n) is 5.89. The normalized spacial score (nSPS) is 12.8. The van der Waals surface area contributed by atoms with Gasteiger partial charge in [0.2, 0.25) is 5.91 Å². The molecule has 7 heteroatoms. The van der Waals surface area contributed by atoms with E-state index in [4.69, 9.17) is 0 Å². The Morgan fingerprint density at radius 1 is 1.08 bits per heavy atom. The molecule has 3 aromatic rings. The first kappa shape index (κ1) is 18.6. The van der Waals surface area contributed by atoms with Gasteiger partial charge < -0.3 is 10.4 Å². The van der Waals surface area contributed by atoms with Crippen molar-refractivity contribution < 1.29 is 18.3 Å². The van der Waals surface area contributed by atoms with E-state index in [2.05, 4.69) is 5.32 Å². The second kappa shape index (κ2) is 7.99. The number of carbonyl (C=O) groups is 1. The molecule has 1 amide bonds. The van der Waals surface area contributed by atoms with Crippen molar-refractivity contribution in [3.8, 4) is 0 Å². The SMILES string of the molecule is O=C(CCS(=O)(=O)c1ccccc1)NC[C@H](O)c1csc2ccccc12. The number of hydrogen-bond donors (Lipinski definition) is 2. The van der Waals surface area contributed by atoms with Crippen LogP contribution in [0.4, 0.5) is 0 Å². The summed E-state index contributed by atoms with van der Waals surface area (Å²) in [5.74, 6) is -0.663. The van der Waals surface area contributed by atoms with Crippen LogP contribution in [0.2, 0.25) is 0 Å². The van der Waals surface area contributed by atoms with Crippen molar-refractivity contribution >= 4 is 37.2 Å². The highest BCUT2D eigenvalue weighted by molar-refractivity contribution is 7.91. The van der Waals surface area contributed by atoms with Crippen LogP contribution < -0.4 is 5.32 Å². The molecule has 0 unspecified atom stereocenters. The summed E-state index contributed by atoms with van der Waals surface area (Å²) >= 11 is 1.54. The lowest BCUT2D eigenvalue weighted by Crippen LogP contribution is -2.29. The smallest absolute Gasteiger partial charge is 0.221 e. The predicted octanol–water partition coefficient (Wildman–Crippen LogP) is 2.91. The fourth-order valence-corrected chi connectivity index (χ4v) is 4.91. The van der Waals surface area contributed by atoms with Gasteiger partial charge in [0.1, 0.15) is 0 Å². The number of aliphatic hydroxyl groups excluding tert-OH is 1. The summed E-state index contributed by atoms with van der Waals surface area (Å²) in [6, 6.07) is 15.8. The van der Waals surface area contributed by atoms with Crippen LogP contribution in [0.1, 0.15) is 18.1 Å². The fraction of sp³-hybridized carbons (Fsp3) is 0.211. The number of amides is 1. The molecule has 3 rings (SSSR count). The van der Waals surface area contributed by atoms with Crippen molar-refractivity contribution in [2.45, 2.75) is 17.4 Å². The largest absolute Gasteiger partial charge is 0.387 e. The van der Waals surface area contributed by atoms with Crippen LogP contribution in [-0.2, 0) is 14.6 Å². The molecule has 0 bridgehead atoms. The van der Waals surface area contributed by atoms with E-state index in [0.29, 0.717) is 0 Å². The molecule has 136 valence electrons. The van der Waals surface area contributed by atoms with Crippen molar-refractivity contribution in [1.82, 2.24) is 5.32 Å². The van der Waals surface area contributed by atoms with Gasteiger partial charge in [0.25, 0.3) is 0 Å². The summed E-state index contributed by atoms with van der Waals surface area (Å²) < 4.78 is 25.4. The van der Waals surface area contributed by atoms with Crippen LogP contribution in [0.5, 0.6) is 0 Å². The van der Waals surface area contributed by atoms with Crippen molar-refractivity contribution in [1.29, 1.82) is 0 Å². The Balaban J connectivity index is 1.54. The topological polar surface area (TPSA) is 83.5 Å². The van der Waals surface area contributed by atoms with E-state index in [9.17, 15) is 18.3 Å². The molecular weight excluding hydrogens is 370 g/mol. The molecule has 0 saturated carbocycles. The fourth-order valence-electron chi connectivity index (χ4n) is 2.64. The second-order valence-corrected chi connectivity index (χ2v) is 8.91. The zero-order valence-electron chi connectivity index (χ0n) is 14.0. The van der Waals surface area contributed by atoms with Crippen LogP contribution >= 0.6 is 11.3 Å². The number of rotatable bonds is 7. The maximum atomic E-state index is 12.2. The van der Waals surface area contributed by atoms with Crippen LogP contribution in [0.3, 0.4) is 0 Å². The number of carbonyl (C=O) groups excluding carboxylic acids is 1. The number of hydrogen-bond acceptors (Lipinski definition) is 5. The molecule has 0 aliphatic carbocycles. The third-order valence-electron chi connectivity index (χ3n) is 4.06. The first-order chi connectivity index (χ1) is 12.5. The lowest BCUT2D eigenvalue weighted by Gasteiger charge is -2.12. The summed E-state index contributed by atoms with van der Waals surface area (Å²) in [6.45, 7) is 0.0466. The molecule has 26 heavy (non-hydrogen) atoms. The number of nitrogens with one attached hydrogen (secondary N) is 1. The average Bonchev–Trinajstić information content (AvgIpc) is 3.09. The third kappa shape index (κ3) is 4.30. The molecule has 0 saturated heterocycles. The van der Waals surface area contributed by atoms with Gasteiger partial charge in [-0.05, 0) is 29.0 Å². The molecule has 0 radical (unpaired) electrons. The van der Waals surface area contributed by atoms with Crippen LogP contribution in [-0.4, -0.2) is 31.7 Å². The van der Waals surface area contributed by atoms with Gasteiger partial charge in [0.15, 0.2) is 9.84 Å². The van der Waals surface area contributed by atoms with Gasteiger partial charge in [-0.15, -0.1) is 11.3 Å². The number of benzene rings is 2. The van der Waals surface area contributed by atoms with Gasteiger partial charge in [0.05, 0.1) is 16.8 Å². The summed E-state index contributed by atoms with van der Waals surface area (Å²) in [4.78, 5) is 12.2. The van der Waals surface area contributed by atoms with E-state index in [1.807, 2.05) is 29.6 Å². The van der Waals surface area contributed by atoms with Crippen molar-refractivity contribution in [3.63, 3.8) is 0 Å². The van der Waals surface area contributed by atoms with Crippen molar-refractivity contribution in [2.24, 2.45) is 0 Å². The Bertz CT molecular complexity index is 997. The first-order valence-electron chi connectivity index (χ1n) is 8.16. The minimum atomic E-state index is -3.49. The summed E-state index contributed by atoms with van der Waals surface area (Å²) in [5, 5.41) is 15.8. The third-order valence-corrected chi connectivity index (χ3v) is 6.78. The summed E-state index contributed by atoms with van der Waals surface area (Å²) in [6.07, 6.45) is -0.977. The Morgan fingerprint density at radius 2 is 1.77 bits per heavy atom. The van der Waals surface area contributed by atoms with Gasteiger partial charge in [-0.2, -0.15) is 0 Å². The molecule has 1 atom stereocenters. The van der Waals surface area contributed by atoms with Crippen molar-refractivity contribution in [3.05, 3.63) is 65.5 Å². The van der Waals surface area contributed by atoms with E-state index < -0.39 is 21.8 Å². The minimum Gasteiger partial charge on any atom is -0.387 e. The van der Waals surface area contributed by atoms with Crippen molar-refractivity contribution in [2.75, 3.05) is 12.3 Å². The zero-order valence-corrected chi connectivity index (χ0v) is 15.6. The highest BCUT2D eigenvalue weighted by Crippen LogP contribution is 2.29. The van der Waals surface area contributed by atoms with Gasteiger partial charge in [0, 0.05) is 23.2 Å². The maximum absolute atomic E-state index is 12.2. The number of aliphatic hydroxyl groups is 1. The maximum Gasteiger partial charge on any atom is 0.221 e. The van der Waals surface area contributed by atoms with E-state index in [-0.39, 0.29) is 23.6 Å². The number of fused-ring (bicyclic) bond motifs is 1. The Kier molecular flexibility index (Phi) is 5.70. The molecule has 0 aliphatic rings. The van der Waals surface area contributed by atoms with E-state index in [1.54, 1.807) is 18.2 Å². The van der Waals surface area contributed by atoms with Crippen LogP contribution in [0, 0.1) is 0 Å². The summed E-state index contributed by atoms with van der Waals surface area (Å²) in [5.41, 5.74) is 0.766. The molecule has 1 aromatic heterocycles. The highest BCUT2D eigenvalue weighted by atomic mass is 32.2. The van der Waals surface area contributed by atoms with E-state index >= 15 is 0 Å². The Labute approximate surface area is 156 Å². The van der Waals surface area contributed by atoms with Gasteiger partial charge in [-0.3, -0.25) is 4.79 Å². The standard InChI is InChI=1S/C19H19NO4S2/c21-17(16-13-25-18-9-5-4-8-15(16)18)12-20-19(22)10-11-26(23,24)14-6-2-1-3-7-14/h1-9,13,17,21H,10-12H2,(H,20,22)/t17-/m0/s1. The highest BCUT2D eigenvalue weighted by Gasteiger charge is 2.18. The Hall–Kier alpha value is -2.22. The molecule has 0 fully saturated rings. The molecule has 5 nitrogen and oxygen atoms in total. The average molecular weight is 389 g/mol. The Morgan fingerprint density at radius 3 is 2.54 bits per heavy atom. The minimum absolute atomic E-state index is 0.0466. The van der Waals surface area contributed by atoms with Crippen LogP contribution in [0.25, 0.3) is 10.1 Å². The quantitative estimate of drug-likeness (QED) is 0.651. The molecule has 2 aromatic carbocycles. The van der Waals surface area contributed by atoms with Gasteiger partial charge in [-0.25, -0.2) is 8.42 Å². The number of sulfone groups is 1. The van der Waals surface area contributed by atoms with Crippen LogP contribution in [0.15, 0.2) is 64.9 Å². The molecule has 0 aliphatic heterocycles. The first-order valence-corrected chi connectivity index (χ1v) is 10.7. The number of thiophene rings is 1. The van der Waals surface area contributed by atoms with Gasteiger partial charge >= 0.3 is 0 Å². The summed E-state index contributed by atoms with van der Waals surface area (Å²) in [7, 11) is -3.49. The lowest BCUT2D eigenvalue weighted by atomic mass is 10.1. The lowest BCUT2D eigenvalue weighted by molar-refractivity contribution is -0.121. The van der Waals surface area contributed by atoms with E-state index in [1.165, 1.54) is 23.5 Å². The zero-order chi connectivity index (χ0) is 18.6. The van der Waals surface area contributed by atoms with Gasteiger partial charge in [-0.1, -0.05) is 36.4 Å².